The Labute approximate surface area is 80.8 Å². The van der Waals surface area contributed by atoms with Gasteiger partial charge in [0.15, 0.2) is 5.96 Å². The lowest BCUT2D eigenvalue weighted by atomic mass is 9.86. The van der Waals surface area contributed by atoms with E-state index in [1.165, 1.54) is 25.7 Å². The molecule has 1 aliphatic rings. The summed E-state index contributed by atoms with van der Waals surface area (Å²) in [6, 6.07) is 0.545. The zero-order valence-electron chi connectivity index (χ0n) is 8.71. The van der Waals surface area contributed by atoms with E-state index in [1.54, 1.807) is 0 Å². The number of guanidine groups is 1. The number of hydrogen-bond donors (Lipinski definition) is 2. The van der Waals surface area contributed by atoms with E-state index in [4.69, 9.17) is 5.73 Å². The van der Waals surface area contributed by atoms with E-state index in [0.717, 1.165) is 12.5 Å². The van der Waals surface area contributed by atoms with Crippen LogP contribution in [0.25, 0.3) is 0 Å². The van der Waals surface area contributed by atoms with E-state index in [9.17, 15) is 0 Å². The molecule has 1 rings (SSSR count). The summed E-state index contributed by atoms with van der Waals surface area (Å²) in [7, 11) is 0. The summed E-state index contributed by atoms with van der Waals surface area (Å²) < 4.78 is 0. The highest BCUT2D eigenvalue weighted by Crippen LogP contribution is 2.23. The molecule has 0 aliphatic heterocycles. The van der Waals surface area contributed by atoms with Crippen LogP contribution in [0.1, 0.15) is 39.5 Å². The van der Waals surface area contributed by atoms with Crippen LogP contribution in [0.5, 0.6) is 0 Å². The van der Waals surface area contributed by atoms with Crippen molar-refractivity contribution in [3.63, 3.8) is 0 Å². The number of nitrogens with zero attached hydrogens (tertiary/aromatic N) is 1. The second-order valence-electron chi connectivity index (χ2n) is 3.87. The van der Waals surface area contributed by atoms with E-state index in [0.29, 0.717) is 12.0 Å². The maximum atomic E-state index is 5.72. The number of nitrogens with two attached hydrogens (primary N) is 1. The maximum absolute atomic E-state index is 5.72. The second kappa shape index (κ2) is 5.10. The van der Waals surface area contributed by atoms with Gasteiger partial charge in [0.05, 0.1) is 0 Å². The molecule has 2 unspecified atom stereocenters. The smallest absolute Gasteiger partial charge is 0.188 e. The van der Waals surface area contributed by atoms with Gasteiger partial charge in [-0.25, -0.2) is 0 Å². The molecule has 0 aromatic rings. The fourth-order valence-electron chi connectivity index (χ4n) is 1.94. The van der Waals surface area contributed by atoms with Crippen LogP contribution in [0.4, 0.5) is 0 Å². The van der Waals surface area contributed by atoms with E-state index < -0.39 is 0 Å². The highest BCUT2D eigenvalue weighted by molar-refractivity contribution is 5.78. The fraction of sp³-hybridized carbons (Fsp3) is 0.900. The van der Waals surface area contributed by atoms with Gasteiger partial charge in [-0.15, -0.1) is 0 Å². The number of hydrogen-bond acceptors (Lipinski definition) is 1. The number of rotatable bonds is 2. The third-order valence-electron chi connectivity index (χ3n) is 2.77. The lowest BCUT2D eigenvalue weighted by molar-refractivity contribution is 0.308. The molecule has 0 radical (unpaired) electrons. The van der Waals surface area contributed by atoms with Gasteiger partial charge in [0, 0.05) is 12.6 Å². The third kappa shape index (κ3) is 3.25. The lowest BCUT2D eigenvalue weighted by Gasteiger charge is -2.29. The van der Waals surface area contributed by atoms with Gasteiger partial charge in [-0.3, -0.25) is 4.99 Å². The van der Waals surface area contributed by atoms with Gasteiger partial charge in [0.25, 0.3) is 0 Å². The Morgan fingerprint density at radius 3 is 2.77 bits per heavy atom. The average Bonchev–Trinajstić information content (AvgIpc) is 2.09. The molecule has 0 saturated heterocycles. The lowest BCUT2D eigenvalue weighted by Crippen LogP contribution is -2.44. The van der Waals surface area contributed by atoms with Crippen molar-refractivity contribution in [2.75, 3.05) is 6.54 Å². The van der Waals surface area contributed by atoms with E-state index in [1.807, 2.05) is 6.92 Å². The molecule has 0 spiro atoms. The Morgan fingerprint density at radius 1 is 1.46 bits per heavy atom. The molecule has 0 bridgehead atoms. The summed E-state index contributed by atoms with van der Waals surface area (Å²) in [4.78, 5) is 4.14. The van der Waals surface area contributed by atoms with Crippen LogP contribution >= 0.6 is 0 Å². The molecule has 76 valence electrons. The molecule has 1 aliphatic carbocycles. The number of nitrogens with one attached hydrogen (secondary N) is 1. The van der Waals surface area contributed by atoms with Crippen molar-refractivity contribution < 1.29 is 0 Å². The molecule has 0 heterocycles. The Morgan fingerprint density at radius 2 is 2.15 bits per heavy atom. The molecular formula is C10H21N3. The fourth-order valence-corrected chi connectivity index (χ4v) is 1.94. The van der Waals surface area contributed by atoms with Crippen LogP contribution in [-0.4, -0.2) is 18.5 Å². The first-order valence-corrected chi connectivity index (χ1v) is 5.30. The summed E-state index contributed by atoms with van der Waals surface area (Å²) in [5.41, 5.74) is 5.72. The first-order chi connectivity index (χ1) is 6.24. The van der Waals surface area contributed by atoms with Crippen LogP contribution in [0.15, 0.2) is 4.99 Å². The van der Waals surface area contributed by atoms with Crippen molar-refractivity contribution in [2.24, 2.45) is 16.6 Å². The Hall–Kier alpha value is -0.730. The highest BCUT2D eigenvalue weighted by atomic mass is 15.1. The minimum atomic E-state index is 0.545. The topological polar surface area (TPSA) is 50.4 Å². The maximum Gasteiger partial charge on any atom is 0.188 e. The van der Waals surface area contributed by atoms with Crippen LogP contribution in [0.2, 0.25) is 0 Å². The van der Waals surface area contributed by atoms with Crippen molar-refractivity contribution in [1.82, 2.24) is 5.32 Å². The quantitative estimate of drug-likeness (QED) is 0.503. The zero-order chi connectivity index (χ0) is 9.68. The Kier molecular flexibility index (Phi) is 4.06. The summed E-state index contributed by atoms with van der Waals surface area (Å²) >= 11 is 0. The molecule has 2 atom stereocenters. The first-order valence-electron chi connectivity index (χ1n) is 5.30. The minimum Gasteiger partial charge on any atom is -0.370 e. The monoisotopic (exact) mass is 183 g/mol. The van der Waals surface area contributed by atoms with Gasteiger partial charge in [-0.2, -0.15) is 0 Å². The molecule has 1 saturated carbocycles. The zero-order valence-corrected chi connectivity index (χ0v) is 8.71. The van der Waals surface area contributed by atoms with E-state index >= 15 is 0 Å². The third-order valence-corrected chi connectivity index (χ3v) is 2.77. The van der Waals surface area contributed by atoms with Gasteiger partial charge in [0.1, 0.15) is 0 Å². The molecule has 3 N–H and O–H groups in total. The predicted molar refractivity (Wildman–Crippen MR) is 56.7 cm³/mol. The largest absolute Gasteiger partial charge is 0.370 e. The molecule has 0 aromatic carbocycles. The molecule has 3 nitrogen and oxygen atoms in total. The van der Waals surface area contributed by atoms with Gasteiger partial charge in [-0.1, -0.05) is 19.8 Å². The van der Waals surface area contributed by atoms with Crippen molar-refractivity contribution >= 4 is 5.96 Å². The van der Waals surface area contributed by atoms with E-state index in [-0.39, 0.29) is 0 Å². The second-order valence-corrected chi connectivity index (χ2v) is 3.87. The molecule has 3 heteroatoms. The summed E-state index contributed by atoms with van der Waals surface area (Å²) in [5.74, 6) is 1.35. The Balaban J connectivity index is 2.37. The summed E-state index contributed by atoms with van der Waals surface area (Å²) in [6.07, 6.45) is 5.24. The average molecular weight is 183 g/mol. The highest BCUT2D eigenvalue weighted by Gasteiger charge is 2.20. The normalized spacial score (nSPS) is 30.2. The molecule has 13 heavy (non-hydrogen) atoms. The van der Waals surface area contributed by atoms with Crippen LogP contribution < -0.4 is 11.1 Å². The van der Waals surface area contributed by atoms with Crippen LogP contribution in [0.3, 0.4) is 0 Å². The molecular weight excluding hydrogens is 162 g/mol. The molecule has 0 aromatic heterocycles. The molecule has 0 amide bonds. The van der Waals surface area contributed by atoms with Crippen molar-refractivity contribution in [2.45, 2.75) is 45.6 Å². The summed E-state index contributed by atoms with van der Waals surface area (Å²) in [5, 5.41) is 3.30. The van der Waals surface area contributed by atoms with Gasteiger partial charge in [-0.05, 0) is 25.7 Å². The first kappa shape index (κ1) is 10.4. The van der Waals surface area contributed by atoms with Crippen molar-refractivity contribution in [3.8, 4) is 0 Å². The van der Waals surface area contributed by atoms with Crippen LogP contribution in [0, 0.1) is 5.92 Å². The summed E-state index contributed by atoms with van der Waals surface area (Å²) in [6.45, 7) is 5.05. The Bertz CT molecular complexity index is 177. The van der Waals surface area contributed by atoms with E-state index in [2.05, 4.69) is 17.2 Å². The SMILES string of the molecule is CCN=C(N)NC1CCCCC1C. The standard InChI is InChI=1S/C10H21N3/c1-3-12-10(11)13-9-7-5-4-6-8(9)2/h8-9H,3-7H2,1-2H3,(H3,11,12,13). The minimum absolute atomic E-state index is 0.545. The van der Waals surface area contributed by atoms with Gasteiger partial charge >= 0.3 is 0 Å². The van der Waals surface area contributed by atoms with Gasteiger partial charge in [0.2, 0.25) is 0 Å². The van der Waals surface area contributed by atoms with Crippen LogP contribution in [-0.2, 0) is 0 Å². The predicted octanol–water partition coefficient (Wildman–Crippen LogP) is 1.49. The van der Waals surface area contributed by atoms with Gasteiger partial charge < -0.3 is 11.1 Å². The number of aliphatic imine (C=N–C) groups is 1. The van der Waals surface area contributed by atoms with Crippen molar-refractivity contribution in [1.29, 1.82) is 0 Å². The molecule has 1 fully saturated rings. The van der Waals surface area contributed by atoms with Crippen molar-refractivity contribution in [3.05, 3.63) is 0 Å².